The van der Waals surface area contributed by atoms with Crippen LogP contribution in [0.5, 0.6) is 11.5 Å². The van der Waals surface area contributed by atoms with Crippen molar-refractivity contribution in [2.24, 2.45) is 0 Å². The van der Waals surface area contributed by atoms with Crippen LogP contribution < -0.4 is 19.9 Å². The Labute approximate surface area is 310 Å². The van der Waals surface area contributed by atoms with Gasteiger partial charge >= 0.3 is 12.1 Å². The van der Waals surface area contributed by atoms with E-state index in [-0.39, 0.29) is 36.8 Å². The largest absolute Gasteiger partial charge is 0.513 e. The van der Waals surface area contributed by atoms with Crippen molar-refractivity contribution in [1.82, 2.24) is 9.47 Å². The Morgan fingerprint density at radius 1 is 0.811 bits per heavy atom. The molecule has 5 aromatic rings. The molecular formula is C39H42N4O9S. The normalized spacial score (nSPS) is 13.2. The van der Waals surface area contributed by atoms with Crippen molar-refractivity contribution in [1.29, 1.82) is 0 Å². The van der Waals surface area contributed by atoms with Gasteiger partial charge in [-0.25, -0.2) is 4.79 Å². The molecule has 53 heavy (non-hydrogen) atoms. The molecule has 0 N–H and O–H groups in total. The predicted octanol–water partition coefficient (Wildman–Crippen LogP) is 7.38. The zero-order chi connectivity index (χ0) is 37.0. The molecule has 0 amide bonds. The van der Waals surface area contributed by atoms with E-state index in [4.69, 9.17) is 18.9 Å². The third-order valence-corrected chi connectivity index (χ3v) is 10.0. The van der Waals surface area contributed by atoms with Crippen LogP contribution in [-0.4, -0.2) is 72.5 Å². The van der Waals surface area contributed by atoms with Crippen LogP contribution in [0.2, 0.25) is 0 Å². The van der Waals surface area contributed by atoms with Gasteiger partial charge in [0.05, 0.1) is 23.7 Å². The standard InChI is InChI=1S/C39H42N4O9S/c44-37-17-11-29-10-14-32(49-24-5-3-19-40-20-22-41(23-21-40)34-7-6-8-36-33(34)18-26-53-36)27-35(29)42(37)28-51-38(45)9-2-1-4-25-50-39(46)52-31-15-12-30(13-16-31)43(47)48/h6-8,10-18,26-27H,1-5,9,19-25,28H2. The first-order valence-corrected chi connectivity index (χ1v) is 18.7. The van der Waals surface area contributed by atoms with Crippen molar-refractivity contribution < 1.29 is 33.5 Å². The molecule has 0 spiro atoms. The number of piperazine rings is 1. The molecule has 0 aliphatic carbocycles. The highest BCUT2D eigenvalue weighted by Gasteiger charge is 2.19. The first-order valence-electron chi connectivity index (χ1n) is 17.8. The van der Waals surface area contributed by atoms with Gasteiger partial charge < -0.3 is 23.8 Å². The fourth-order valence-electron chi connectivity index (χ4n) is 6.26. The average molecular weight is 743 g/mol. The molecular weight excluding hydrogens is 701 g/mol. The molecule has 1 saturated heterocycles. The predicted molar refractivity (Wildman–Crippen MR) is 203 cm³/mol. The molecule has 0 saturated carbocycles. The Morgan fingerprint density at radius 3 is 2.40 bits per heavy atom. The second-order valence-electron chi connectivity index (χ2n) is 12.7. The first-order chi connectivity index (χ1) is 25.8. The number of anilines is 1. The zero-order valence-corrected chi connectivity index (χ0v) is 30.2. The minimum atomic E-state index is -0.920. The summed E-state index contributed by atoms with van der Waals surface area (Å²) in [5, 5.41) is 15.1. The number of hydrogen-bond acceptors (Lipinski definition) is 12. The number of pyridine rings is 1. The number of carbonyl (C=O) groups excluding carboxylic acids is 2. The van der Waals surface area contributed by atoms with Gasteiger partial charge in [-0.2, -0.15) is 0 Å². The van der Waals surface area contributed by atoms with E-state index < -0.39 is 17.0 Å². The third kappa shape index (κ3) is 10.3. The summed E-state index contributed by atoms with van der Waals surface area (Å²) in [4.78, 5) is 52.2. The second-order valence-corrected chi connectivity index (χ2v) is 13.7. The second kappa shape index (κ2) is 18.3. The Morgan fingerprint density at radius 2 is 1.58 bits per heavy atom. The number of ether oxygens (including phenoxy) is 4. The van der Waals surface area contributed by atoms with Gasteiger partial charge in [0.2, 0.25) is 0 Å². The maximum Gasteiger partial charge on any atom is 0.513 e. The molecule has 0 atom stereocenters. The number of unbranched alkanes of at least 4 members (excludes halogenated alkanes) is 3. The van der Waals surface area contributed by atoms with Crippen LogP contribution in [0.3, 0.4) is 0 Å². The molecule has 2 aromatic heterocycles. The fraction of sp³-hybridized carbons (Fsp3) is 0.359. The fourth-order valence-corrected chi connectivity index (χ4v) is 7.07. The van der Waals surface area contributed by atoms with Gasteiger partial charge in [-0.15, -0.1) is 11.3 Å². The number of hydrogen-bond donors (Lipinski definition) is 0. The minimum Gasteiger partial charge on any atom is -0.494 e. The summed E-state index contributed by atoms with van der Waals surface area (Å²) >= 11 is 1.79. The molecule has 6 rings (SSSR count). The van der Waals surface area contributed by atoms with Crippen molar-refractivity contribution in [3.63, 3.8) is 0 Å². The van der Waals surface area contributed by atoms with E-state index in [0.29, 0.717) is 37.1 Å². The van der Waals surface area contributed by atoms with Gasteiger partial charge in [0, 0.05) is 72.6 Å². The lowest BCUT2D eigenvalue weighted by Gasteiger charge is -2.36. The maximum atomic E-state index is 12.7. The highest BCUT2D eigenvalue weighted by atomic mass is 32.1. The summed E-state index contributed by atoms with van der Waals surface area (Å²) in [6.07, 6.45) is 2.75. The van der Waals surface area contributed by atoms with E-state index in [1.54, 1.807) is 17.4 Å². The van der Waals surface area contributed by atoms with Crippen LogP contribution in [0.4, 0.5) is 16.2 Å². The number of benzene rings is 3. The monoisotopic (exact) mass is 742 g/mol. The topological polar surface area (TPSA) is 143 Å². The molecule has 0 bridgehead atoms. The number of fused-ring (bicyclic) bond motifs is 2. The van der Waals surface area contributed by atoms with E-state index in [2.05, 4.69) is 39.4 Å². The lowest BCUT2D eigenvalue weighted by atomic mass is 10.2. The molecule has 278 valence electrons. The quantitative estimate of drug-likeness (QED) is 0.0310. The zero-order valence-electron chi connectivity index (χ0n) is 29.4. The van der Waals surface area contributed by atoms with Crippen LogP contribution in [0.25, 0.3) is 21.0 Å². The minimum absolute atomic E-state index is 0.0855. The summed E-state index contributed by atoms with van der Waals surface area (Å²) in [7, 11) is 0. The van der Waals surface area contributed by atoms with E-state index >= 15 is 0 Å². The summed E-state index contributed by atoms with van der Waals surface area (Å²) in [6, 6.07) is 22.6. The van der Waals surface area contributed by atoms with Crippen LogP contribution in [0.1, 0.15) is 38.5 Å². The molecule has 0 unspecified atom stereocenters. The molecule has 0 radical (unpaired) electrons. The van der Waals surface area contributed by atoms with E-state index in [0.717, 1.165) is 51.0 Å². The van der Waals surface area contributed by atoms with Crippen LogP contribution in [0.15, 0.2) is 89.0 Å². The van der Waals surface area contributed by atoms with Crippen LogP contribution in [-0.2, 0) is 21.0 Å². The summed E-state index contributed by atoms with van der Waals surface area (Å²) < 4.78 is 24.3. The summed E-state index contributed by atoms with van der Waals surface area (Å²) in [5.74, 6) is 0.340. The lowest BCUT2D eigenvalue weighted by Crippen LogP contribution is -2.46. The summed E-state index contributed by atoms with van der Waals surface area (Å²) in [5.41, 5.74) is 1.55. The Kier molecular flexibility index (Phi) is 12.9. The molecule has 1 aliphatic rings. The maximum absolute atomic E-state index is 12.7. The molecule has 1 aliphatic heterocycles. The van der Waals surface area contributed by atoms with Gasteiger partial charge in [0.25, 0.3) is 11.2 Å². The number of carbonyl (C=O) groups is 2. The lowest BCUT2D eigenvalue weighted by molar-refractivity contribution is -0.384. The average Bonchev–Trinajstić information content (AvgIpc) is 3.66. The molecule has 1 fully saturated rings. The van der Waals surface area contributed by atoms with Crippen LogP contribution >= 0.6 is 11.3 Å². The van der Waals surface area contributed by atoms with E-state index in [1.165, 1.54) is 50.7 Å². The smallest absolute Gasteiger partial charge is 0.494 e. The Bertz CT molecular complexity index is 2070. The van der Waals surface area contributed by atoms with Crippen molar-refractivity contribution in [2.45, 2.75) is 45.3 Å². The van der Waals surface area contributed by atoms with E-state index in [9.17, 15) is 24.5 Å². The van der Waals surface area contributed by atoms with Crippen LogP contribution in [0, 0.1) is 10.1 Å². The molecule has 3 heterocycles. The number of thiophene rings is 1. The Hall–Kier alpha value is -5.47. The van der Waals surface area contributed by atoms with Crippen molar-refractivity contribution in [2.75, 3.05) is 50.8 Å². The van der Waals surface area contributed by atoms with E-state index in [1.807, 2.05) is 18.2 Å². The summed E-state index contributed by atoms with van der Waals surface area (Å²) in [6.45, 7) is 5.57. The third-order valence-electron chi connectivity index (χ3n) is 9.14. The van der Waals surface area contributed by atoms with Gasteiger partial charge in [-0.1, -0.05) is 6.07 Å². The van der Waals surface area contributed by atoms with Gasteiger partial charge in [-0.3, -0.25) is 29.2 Å². The number of nitrogens with zero attached hydrogens (tertiary/aromatic N) is 4. The van der Waals surface area contributed by atoms with Crippen molar-refractivity contribution in [3.05, 3.63) is 105 Å². The number of non-ortho nitro benzene ring substituents is 1. The number of nitro groups is 1. The molecule has 3 aromatic carbocycles. The van der Waals surface area contributed by atoms with Gasteiger partial charge in [0.15, 0.2) is 6.73 Å². The van der Waals surface area contributed by atoms with Crippen molar-refractivity contribution in [3.8, 4) is 11.5 Å². The highest BCUT2D eigenvalue weighted by Crippen LogP contribution is 2.31. The SMILES string of the molecule is O=C(CCCCCOC(=O)Oc1ccc([N+](=O)[O-])cc1)OCn1c(=O)ccc2ccc(OCCCCN3CCN(c4cccc5sccc45)CC3)cc21. The first kappa shape index (κ1) is 37.3. The number of esters is 1. The number of rotatable bonds is 17. The molecule has 13 nitrogen and oxygen atoms in total. The Balaban J connectivity index is 0.866. The highest BCUT2D eigenvalue weighted by molar-refractivity contribution is 7.17. The van der Waals surface area contributed by atoms with Gasteiger partial charge in [-0.05, 0) is 97.9 Å². The molecule has 14 heteroatoms. The van der Waals surface area contributed by atoms with Crippen molar-refractivity contribution >= 4 is 55.8 Å². The van der Waals surface area contributed by atoms with Gasteiger partial charge in [0.1, 0.15) is 11.5 Å². The number of nitro benzene ring substituents is 1. The number of aromatic nitrogens is 1.